The molecule has 1 atom stereocenters. The zero-order chi connectivity index (χ0) is 23.3. The summed E-state index contributed by atoms with van der Waals surface area (Å²) in [5.74, 6) is 0.193. The highest BCUT2D eigenvalue weighted by Gasteiger charge is 2.27. The highest BCUT2D eigenvalue weighted by molar-refractivity contribution is 7.11. The number of carbonyl (C=O) groups excluding carboxylic acids is 1. The summed E-state index contributed by atoms with van der Waals surface area (Å²) >= 11 is 1.29. The molecule has 0 fully saturated rings. The van der Waals surface area contributed by atoms with E-state index in [-0.39, 0.29) is 5.69 Å². The number of hydrogen-bond donors (Lipinski definition) is 2. The van der Waals surface area contributed by atoms with E-state index in [2.05, 4.69) is 10.7 Å². The minimum absolute atomic E-state index is 0.0987. The van der Waals surface area contributed by atoms with Gasteiger partial charge in [-0.1, -0.05) is 17.7 Å². The van der Waals surface area contributed by atoms with Crippen LogP contribution >= 0.6 is 11.3 Å². The molecule has 0 spiro atoms. The van der Waals surface area contributed by atoms with Crippen LogP contribution in [0, 0.1) is 4.91 Å². The van der Waals surface area contributed by atoms with Gasteiger partial charge in [0, 0.05) is 12.0 Å². The van der Waals surface area contributed by atoms with E-state index in [4.69, 9.17) is 14.2 Å². The number of thiophene rings is 1. The molecule has 0 radical (unpaired) electrons. The fraction of sp³-hybridized carbons (Fsp3) is 0.261. The van der Waals surface area contributed by atoms with Crippen molar-refractivity contribution in [3.05, 3.63) is 62.7 Å². The molecule has 0 saturated carbocycles. The first-order valence-electron chi connectivity index (χ1n) is 9.78. The van der Waals surface area contributed by atoms with Crippen LogP contribution in [0.3, 0.4) is 0 Å². The standard InChI is InChI=1S/C23H24N2O6S/c1-13(2)7-10-17(31-23(26)19-6-5-11-32-19)14-12-18(29-3)20-15(24-27)8-9-16(25-28)21(20)22(14)30-4/h5-9,11-12,17,24,27H,10H2,1-4H3. The molecule has 8 nitrogen and oxygen atoms in total. The van der Waals surface area contributed by atoms with Gasteiger partial charge in [0.05, 0.1) is 30.7 Å². The number of anilines is 1. The summed E-state index contributed by atoms with van der Waals surface area (Å²) in [6, 6.07) is 8.12. The molecule has 2 N–H and O–H groups in total. The van der Waals surface area contributed by atoms with Gasteiger partial charge in [0.2, 0.25) is 0 Å². The number of nitrogens with zero attached hydrogens (tertiary/aromatic N) is 1. The highest BCUT2D eigenvalue weighted by atomic mass is 32.1. The minimum atomic E-state index is -0.724. The Bertz CT molecular complexity index is 1150. The molecular weight excluding hydrogens is 432 g/mol. The van der Waals surface area contributed by atoms with E-state index in [1.165, 1.54) is 37.7 Å². The van der Waals surface area contributed by atoms with E-state index in [1.54, 1.807) is 23.6 Å². The number of nitroso groups, excluding NO2 is 1. The molecule has 0 aliphatic heterocycles. The Hall–Kier alpha value is -3.43. The summed E-state index contributed by atoms with van der Waals surface area (Å²) in [6.07, 6.45) is 1.61. The lowest BCUT2D eigenvalue weighted by molar-refractivity contribution is 0.0304. The van der Waals surface area contributed by atoms with Gasteiger partial charge in [0.15, 0.2) is 0 Å². The smallest absolute Gasteiger partial charge is 0.348 e. The van der Waals surface area contributed by atoms with Crippen molar-refractivity contribution in [2.24, 2.45) is 5.18 Å². The number of ether oxygens (including phenoxy) is 3. The monoisotopic (exact) mass is 456 g/mol. The van der Waals surface area contributed by atoms with Crippen LogP contribution in [0.5, 0.6) is 11.5 Å². The van der Waals surface area contributed by atoms with E-state index in [0.29, 0.717) is 44.8 Å². The van der Waals surface area contributed by atoms with Crippen molar-refractivity contribution in [2.75, 3.05) is 19.7 Å². The van der Waals surface area contributed by atoms with Crippen LogP contribution in [0.15, 0.2) is 52.5 Å². The lowest BCUT2D eigenvalue weighted by atomic mass is 9.96. The molecule has 2 aromatic carbocycles. The molecule has 3 rings (SSSR count). The largest absolute Gasteiger partial charge is 0.496 e. The first-order chi connectivity index (χ1) is 15.4. The second-order valence-corrected chi connectivity index (χ2v) is 8.12. The molecule has 0 aliphatic rings. The van der Waals surface area contributed by atoms with Crippen LogP contribution in [0.2, 0.25) is 0 Å². The number of esters is 1. The predicted molar refractivity (Wildman–Crippen MR) is 124 cm³/mol. The van der Waals surface area contributed by atoms with Crippen molar-refractivity contribution >= 4 is 39.5 Å². The summed E-state index contributed by atoms with van der Waals surface area (Å²) < 4.78 is 17.1. The fourth-order valence-corrected chi connectivity index (χ4v) is 4.06. The van der Waals surface area contributed by atoms with Crippen LogP contribution in [-0.2, 0) is 4.74 Å². The molecule has 0 bridgehead atoms. The molecule has 1 aromatic heterocycles. The third-order valence-electron chi connectivity index (χ3n) is 4.91. The van der Waals surface area contributed by atoms with E-state index >= 15 is 0 Å². The Balaban J connectivity index is 2.27. The number of benzene rings is 2. The zero-order valence-electron chi connectivity index (χ0n) is 18.2. The highest BCUT2D eigenvalue weighted by Crippen LogP contribution is 2.48. The Morgan fingerprint density at radius 2 is 2.00 bits per heavy atom. The second kappa shape index (κ2) is 10.3. The lowest BCUT2D eigenvalue weighted by Crippen LogP contribution is -2.12. The predicted octanol–water partition coefficient (Wildman–Crippen LogP) is 6.37. The number of rotatable bonds is 9. The van der Waals surface area contributed by atoms with E-state index in [0.717, 1.165) is 5.57 Å². The minimum Gasteiger partial charge on any atom is -0.496 e. The number of nitrogens with one attached hydrogen (secondary N) is 1. The molecular formula is C23H24N2O6S. The van der Waals surface area contributed by atoms with Gasteiger partial charge in [-0.25, -0.2) is 4.79 Å². The van der Waals surface area contributed by atoms with Gasteiger partial charge >= 0.3 is 5.97 Å². The number of hydrogen-bond acceptors (Lipinski definition) is 9. The number of carbonyl (C=O) groups is 1. The maximum Gasteiger partial charge on any atom is 0.348 e. The van der Waals surface area contributed by atoms with Crippen LogP contribution in [0.25, 0.3) is 10.8 Å². The molecule has 1 unspecified atom stereocenters. The van der Waals surface area contributed by atoms with Gasteiger partial charge in [-0.2, -0.15) is 0 Å². The molecule has 32 heavy (non-hydrogen) atoms. The van der Waals surface area contributed by atoms with Gasteiger partial charge in [-0.3, -0.25) is 10.7 Å². The second-order valence-electron chi connectivity index (χ2n) is 7.18. The molecule has 0 aliphatic carbocycles. The maximum atomic E-state index is 12.8. The van der Waals surface area contributed by atoms with Gasteiger partial charge in [-0.05, 0) is 48.7 Å². The Morgan fingerprint density at radius 3 is 2.56 bits per heavy atom. The third-order valence-corrected chi connectivity index (χ3v) is 5.76. The SMILES string of the molecule is COc1cc(C(CC=C(C)C)OC(=O)c2cccs2)c(OC)c2c(N=O)ccc(NO)c12. The van der Waals surface area contributed by atoms with Crippen LogP contribution in [0.1, 0.15) is 41.6 Å². The molecule has 0 amide bonds. The molecule has 9 heteroatoms. The normalized spacial score (nSPS) is 11.5. The average molecular weight is 457 g/mol. The number of methoxy groups -OCH3 is 2. The first kappa shape index (κ1) is 23.2. The Morgan fingerprint density at radius 1 is 1.22 bits per heavy atom. The summed E-state index contributed by atoms with van der Waals surface area (Å²) in [5.41, 5.74) is 4.09. The zero-order valence-corrected chi connectivity index (χ0v) is 19.0. The van der Waals surface area contributed by atoms with Gasteiger partial charge in [-0.15, -0.1) is 16.2 Å². The van der Waals surface area contributed by atoms with Crippen LogP contribution in [0.4, 0.5) is 11.4 Å². The Labute approximate surface area is 189 Å². The molecule has 1 heterocycles. The summed E-state index contributed by atoms with van der Waals surface area (Å²) in [6.45, 7) is 3.90. The van der Waals surface area contributed by atoms with Crippen molar-refractivity contribution in [2.45, 2.75) is 26.4 Å². The van der Waals surface area contributed by atoms with Gasteiger partial charge < -0.3 is 14.2 Å². The maximum absolute atomic E-state index is 12.8. The molecule has 168 valence electrons. The van der Waals surface area contributed by atoms with E-state index < -0.39 is 12.1 Å². The lowest BCUT2D eigenvalue weighted by Gasteiger charge is -2.23. The quantitative estimate of drug-likeness (QED) is 0.167. The summed E-state index contributed by atoms with van der Waals surface area (Å²) in [4.78, 5) is 24.8. The summed E-state index contributed by atoms with van der Waals surface area (Å²) in [5, 5.41) is 15.3. The van der Waals surface area contributed by atoms with Crippen molar-refractivity contribution in [3.8, 4) is 11.5 Å². The topological polar surface area (TPSA) is 106 Å². The molecule has 3 aromatic rings. The van der Waals surface area contributed by atoms with Crippen molar-refractivity contribution in [3.63, 3.8) is 0 Å². The Kier molecular flexibility index (Phi) is 7.45. The third kappa shape index (κ3) is 4.58. The van der Waals surface area contributed by atoms with Gasteiger partial charge in [0.1, 0.15) is 28.2 Å². The van der Waals surface area contributed by atoms with Crippen LogP contribution in [-0.4, -0.2) is 25.4 Å². The van der Waals surface area contributed by atoms with Crippen molar-refractivity contribution in [1.82, 2.24) is 0 Å². The van der Waals surface area contributed by atoms with Crippen LogP contribution < -0.4 is 15.0 Å². The number of allylic oxidation sites excluding steroid dienone is 1. The molecule has 0 saturated heterocycles. The average Bonchev–Trinajstić information content (AvgIpc) is 3.34. The van der Waals surface area contributed by atoms with Crippen molar-refractivity contribution in [1.29, 1.82) is 0 Å². The first-order valence-corrected chi connectivity index (χ1v) is 10.7. The van der Waals surface area contributed by atoms with E-state index in [9.17, 15) is 14.9 Å². The van der Waals surface area contributed by atoms with Crippen molar-refractivity contribution < 1.29 is 24.2 Å². The van der Waals surface area contributed by atoms with E-state index in [1.807, 2.05) is 19.9 Å². The summed E-state index contributed by atoms with van der Waals surface area (Å²) in [7, 11) is 2.92. The van der Waals surface area contributed by atoms with Gasteiger partial charge in [0.25, 0.3) is 0 Å². The number of fused-ring (bicyclic) bond motifs is 1. The fourth-order valence-electron chi connectivity index (χ4n) is 3.45.